The zero-order valence-corrected chi connectivity index (χ0v) is 11.3. The summed E-state index contributed by atoms with van der Waals surface area (Å²) in [5.74, 6) is 0.731. The average Bonchev–Trinajstić information content (AvgIpc) is 2.47. The van der Waals surface area contributed by atoms with Gasteiger partial charge < -0.3 is 9.26 Å². The normalized spacial score (nSPS) is 13.9. The van der Waals surface area contributed by atoms with Crippen LogP contribution in [-0.2, 0) is 9.09 Å². The Labute approximate surface area is 107 Å². The molecule has 0 saturated carbocycles. The highest BCUT2D eigenvalue weighted by atomic mass is 31.2. The highest BCUT2D eigenvalue weighted by Crippen LogP contribution is 2.43. The summed E-state index contributed by atoms with van der Waals surface area (Å²) in [4.78, 5) is 0. The highest BCUT2D eigenvalue weighted by Gasteiger charge is 2.26. The summed E-state index contributed by atoms with van der Waals surface area (Å²) < 4.78 is 23.3. The third-order valence-electron chi connectivity index (χ3n) is 2.77. The minimum absolute atomic E-state index is 0.664. The van der Waals surface area contributed by atoms with Crippen molar-refractivity contribution >= 4 is 18.0 Å². The van der Waals surface area contributed by atoms with Gasteiger partial charge in [-0.05, 0) is 36.4 Å². The zero-order chi connectivity index (χ0) is 13.0. The van der Waals surface area contributed by atoms with Gasteiger partial charge in [-0.15, -0.1) is 0 Å². The highest BCUT2D eigenvalue weighted by molar-refractivity contribution is 7.74. The predicted octanol–water partition coefficient (Wildman–Crippen LogP) is 2.57. The van der Waals surface area contributed by atoms with Crippen molar-refractivity contribution < 1.29 is 13.8 Å². The van der Waals surface area contributed by atoms with E-state index in [1.54, 1.807) is 31.4 Å². The molecule has 1 atom stereocenters. The molecule has 3 nitrogen and oxygen atoms in total. The first-order chi connectivity index (χ1) is 8.70. The second kappa shape index (κ2) is 5.38. The molecule has 0 aliphatic heterocycles. The van der Waals surface area contributed by atoms with Gasteiger partial charge in [0.1, 0.15) is 5.75 Å². The van der Waals surface area contributed by atoms with Crippen LogP contribution in [0.15, 0.2) is 54.6 Å². The number of benzene rings is 2. The van der Waals surface area contributed by atoms with E-state index in [1.165, 1.54) is 7.11 Å². The summed E-state index contributed by atoms with van der Waals surface area (Å²) in [7, 11) is 0.0787. The maximum absolute atomic E-state index is 12.9. The van der Waals surface area contributed by atoms with Crippen molar-refractivity contribution in [1.82, 2.24) is 0 Å². The molecular formula is C14H15O3P. The summed E-state index contributed by atoms with van der Waals surface area (Å²) in [5.41, 5.74) is 0. The Balaban J connectivity index is 2.47. The molecular weight excluding hydrogens is 247 g/mol. The van der Waals surface area contributed by atoms with Gasteiger partial charge >= 0.3 is 0 Å². The molecule has 0 amide bonds. The Bertz CT molecular complexity index is 549. The van der Waals surface area contributed by atoms with Crippen LogP contribution in [0.5, 0.6) is 5.75 Å². The van der Waals surface area contributed by atoms with Crippen LogP contribution in [0.3, 0.4) is 0 Å². The molecule has 0 saturated heterocycles. The van der Waals surface area contributed by atoms with Gasteiger partial charge in [0.2, 0.25) is 0 Å². The van der Waals surface area contributed by atoms with Crippen LogP contribution in [0, 0.1) is 0 Å². The molecule has 0 aliphatic carbocycles. The van der Waals surface area contributed by atoms with E-state index in [4.69, 9.17) is 9.26 Å². The van der Waals surface area contributed by atoms with E-state index in [0.29, 0.717) is 10.6 Å². The van der Waals surface area contributed by atoms with Crippen LogP contribution in [-0.4, -0.2) is 14.2 Å². The van der Waals surface area contributed by atoms with Gasteiger partial charge in [0.15, 0.2) is 0 Å². The Morgan fingerprint density at radius 3 is 1.89 bits per heavy atom. The van der Waals surface area contributed by atoms with Crippen molar-refractivity contribution in [2.24, 2.45) is 0 Å². The van der Waals surface area contributed by atoms with Crippen LogP contribution in [0.2, 0.25) is 0 Å². The number of rotatable bonds is 4. The Kier molecular flexibility index (Phi) is 3.85. The molecule has 94 valence electrons. The minimum atomic E-state index is -2.99. The van der Waals surface area contributed by atoms with Crippen LogP contribution < -0.4 is 15.3 Å². The number of methoxy groups -OCH3 is 1. The SMILES string of the molecule is COc1ccc([P@@](=O)(OC)c2ccccc2)cc1. The number of ether oxygens (including phenoxy) is 1. The minimum Gasteiger partial charge on any atom is -0.497 e. The van der Waals surface area contributed by atoms with Gasteiger partial charge in [-0.3, -0.25) is 4.57 Å². The van der Waals surface area contributed by atoms with Gasteiger partial charge in [-0.1, -0.05) is 18.2 Å². The smallest absolute Gasteiger partial charge is 0.261 e. The first kappa shape index (κ1) is 12.9. The Hall–Kier alpha value is -1.57. The lowest BCUT2D eigenvalue weighted by Gasteiger charge is -2.17. The predicted molar refractivity (Wildman–Crippen MR) is 73.3 cm³/mol. The first-order valence-electron chi connectivity index (χ1n) is 5.57. The van der Waals surface area contributed by atoms with E-state index in [9.17, 15) is 4.57 Å². The van der Waals surface area contributed by atoms with Gasteiger partial charge in [-0.25, -0.2) is 0 Å². The zero-order valence-electron chi connectivity index (χ0n) is 10.4. The third kappa shape index (κ3) is 2.33. The molecule has 0 spiro atoms. The number of hydrogen-bond acceptors (Lipinski definition) is 3. The fourth-order valence-electron chi connectivity index (χ4n) is 1.76. The topological polar surface area (TPSA) is 35.5 Å². The molecule has 2 aromatic rings. The molecule has 0 radical (unpaired) electrons. The fourth-order valence-corrected chi connectivity index (χ4v) is 3.59. The summed E-state index contributed by atoms with van der Waals surface area (Å²) in [6, 6.07) is 16.3. The molecule has 0 unspecified atom stereocenters. The second-order valence-corrected chi connectivity index (χ2v) is 6.27. The van der Waals surface area contributed by atoms with Gasteiger partial charge in [0, 0.05) is 17.7 Å². The summed E-state index contributed by atoms with van der Waals surface area (Å²) in [5, 5.41) is 1.36. The van der Waals surface area contributed by atoms with Crippen molar-refractivity contribution in [3.8, 4) is 5.75 Å². The third-order valence-corrected chi connectivity index (χ3v) is 5.24. The van der Waals surface area contributed by atoms with Gasteiger partial charge in [0.25, 0.3) is 7.37 Å². The van der Waals surface area contributed by atoms with Gasteiger partial charge in [0.05, 0.1) is 7.11 Å². The van der Waals surface area contributed by atoms with Crippen LogP contribution in [0.4, 0.5) is 0 Å². The second-order valence-electron chi connectivity index (χ2n) is 3.77. The lowest BCUT2D eigenvalue weighted by atomic mass is 10.3. The quantitative estimate of drug-likeness (QED) is 0.794. The average molecular weight is 262 g/mol. The van der Waals surface area contributed by atoms with E-state index >= 15 is 0 Å². The molecule has 0 fully saturated rings. The maximum atomic E-state index is 12.9. The number of hydrogen-bond donors (Lipinski definition) is 0. The maximum Gasteiger partial charge on any atom is 0.261 e. The molecule has 0 aromatic heterocycles. The van der Waals surface area contributed by atoms with Crippen LogP contribution in [0.1, 0.15) is 0 Å². The summed E-state index contributed by atoms with van der Waals surface area (Å²) in [6.45, 7) is 0. The van der Waals surface area contributed by atoms with Crippen molar-refractivity contribution in [3.05, 3.63) is 54.6 Å². The first-order valence-corrected chi connectivity index (χ1v) is 7.19. The van der Waals surface area contributed by atoms with E-state index in [2.05, 4.69) is 0 Å². The Morgan fingerprint density at radius 1 is 0.833 bits per heavy atom. The Morgan fingerprint density at radius 2 is 1.39 bits per heavy atom. The van der Waals surface area contributed by atoms with Gasteiger partial charge in [-0.2, -0.15) is 0 Å². The standard InChI is InChI=1S/C14H15O3P/c1-16-12-8-10-14(11-9-12)18(15,17-2)13-6-4-3-5-7-13/h3-11H,1-2H3/t18-/m0/s1. The monoisotopic (exact) mass is 262 g/mol. The molecule has 18 heavy (non-hydrogen) atoms. The van der Waals surface area contributed by atoms with E-state index in [0.717, 1.165) is 5.75 Å². The van der Waals surface area contributed by atoms with E-state index in [-0.39, 0.29) is 0 Å². The molecule has 2 aromatic carbocycles. The van der Waals surface area contributed by atoms with Crippen molar-refractivity contribution in [3.63, 3.8) is 0 Å². The lowest BCUT2D eigenvalue weighted by Crippen LogP contribution is -2.16. The molecule has 0 N–H and O–H groups in total. The van der Waals surface area contributed by atoms with E-state index in [1.807, 2.05) is 30.3 Å². The van der Waals surface area contributed by atoms with E-state index < -0.39 is 7.37 Å². The van der Waals surface area contributed by atoms with Crippen molar-refractivity contribution in [2.45, 2.75) is 0 Å². The largest absolute Gasteiger partial charge is 0.497 e. The summed E-state index contributed by atoms with van der Waals surface area (Å²) >= 11 is 0. The van der Waals surface area contributed by atoms with Crippen LogP contribution in [0.25, 0.3) is 0 Å². The molecule has 0 aliphatic rings. The molecule has 2 rings (SSSR count). The van der Waals surface area contributed by atoms with Crippen LogP contribution >= 0.6 is 7.37 Å². The molecule has 0 heterocycles. The molecule has 0 bridgehead atoms. The lowest BCUT2D eigenvalue weighted by molar-refractivity contribution is 0.411. The summed E-state index contributed by atoms with van der Waals surface area (Å²) in [6.07, 6.45) is 0. The fraction of sp³-hybridized carbons (Fsp3) is 0.143. The van der Waals surface area contributed by atoms with Crippen molar-refractivity contribution in [2.75, 3.05) is 14.2 Å². The van der Waals surface area contributed by atoms with Crippen molar-refractivity contribution in [1.29, 1.82) is 0 Å². The molecule has 4 heteroatoms.